The van der Waals surface area contributed by atoms with Crippen molar-refractivity contribution >= 4 is 34.5 Å². The second kappa shape index (κ2) is 3.87. The van der Waals surface area contributed by atoms with E-state index in [1.54, 1.807) is 11.1 Å². The number of pyridine rings is 1. The number of hydrogen-bond acceptors (Lipinski definition) is 3. The molecule has 2 fully saturated rings. The summed E-state index contributed by atoms with van der Waals surface area (Å²) in [5.41, 5.74) is 0. The molecule has 0 bridgehead atoms. The summed E-state index contributed by atoms with van der Waals surface area (Å²) in [5, 5.41) is 0. The average Bonchev–Trinajstić information content (AvgIpc) is 2.79. The zero-order valence-electron chi connectivity index (χ0n) is 8.60. The maximum atomic E-state index is 11.7. The first-order valence-electron chi connectivity index (χ1n) is 5.37. The molecule has 2 heterocycles. The van der Waals surface area contributed by atoms with E-state index >= 15 is 0 Å². The lowest BCUT2D eigenvalue weighted by Crippen LogP contribution is -2.34. The summed E-state index contributed by atoms with van der Waals surface area (Å²) in [7, 11) is 0. The van der Waals surface area contributed by atoms with Crippen LogP contribution in [0.25, 0.3) is 0 Å². The maximum absolute atomic E-state index is 11.7. The van der Waals surface area contributed by atoms with Crippen molar-refractivity contribution in [2.45, 2.75) is 31.4 Å². The van der Waals surface area contributed by atoms with Crippen molar-refractivity contribution in [1.82, 2.24) is 4.98 Å². The molecule has 16 heavy (non-hydrogen) atoms. The van der Waals surface area contributed by atoms with Gasteiger partial charge in [0.05, 0.1) is 6.04 Å². The highest BCUT2D eigenvalue weighted by Gasteiger charge is 2.45. The van der Waals surface area contributed by atoms with Gasteiger partial charge >= 0.3 is 6.09 Å². The molecule has 84 valence electrons. The van der Waals surface area contributed by atoms with Crippen LogP contribution in [0.3, 0.4) is 0 Å². The molecular weight excluding hydrogens is 319 g/mol. The molecule has 1 aliphatic carbocycles. The van der Waals surface area contributed by atoms with Gasteiger partial charge in [0.25, 0.3) is 0 Å². The number of amides is 1. The molecular formula is C11H11IN2O2. The SMILES string of the molecule is O=C1O[C@H]2CCC[C@H]2N1c1ccc(I)cn1. The van der Waals surface area contributed by atoms with Gasteiger partial charge in [0, 0.05) is 9.77 Å². The summed E-state index contributed by atoms with van der Waals surface area (Å²) >= 11 is 2.20. The Morgan fingerprint density at radius 2 is 2.31 bits per heavy atom. The van der Waals surface area contributed by atoms with Gasteiger partial charge in [0.1, 0.15) is 11.9 Å². The van der Waals surface area contributed by atoms with Gasteiger partial charge in [-0.2, -0.15) is 0 Å². The molecule has 5 heteroatoms. The summed E-state index contributed by atoms with van der Waals surface area (Å²) in [4.78, 5) is 17.7. The molecule has 0 spiro atoms. The average molecular weight is 330 g/mol. The Labute approximate surface area is 107 Å². The molecule has 1 aromatic heterocycles. The lowest BCUT2D eigenvalue weighted by Gasteiger charge is -2.18. The molecule has 2 atom stereocenters. The normalized spacial score (nSPS) is 28.1. The van der Waals surface area contributed by atoms with Crippen LogP contribution < -0.4 is 4.90 Å². The molecule has 1 saturated carbocycles. The van der Waals surface area contributed by atoms with Crippen LogP contribution >= 0.6 is 22.6 Å². The van der Waals surface area contributed by atoms with E-state index < -0.39 is 0 Å². The number of hydrogen-bond donors (Lipinski definition) is 0. The standard InChI is InChI=1S/C11H11IN2O2/c12-7-4-5-10(13-6-7)14-8-2-1-3-9(8)16-11(14)15/h4-6,8-9H,1-3H2/t8-,9+/m1/s1. The summed E-state index contributed by atoms with van der Waals surface area (Å²) in [6, 6.07) is 4.03. The number of halogens is 1. The second-order valence-corrected chi connectivity index (χ2v) is 5.37. The summed E-state index contributed by atoms with van der Waals surface area (Å²) in [6.45, 7) is 0. The van der Waals surface area contributed by atoms with Crippen LogP contribution in [0.5, 0.6) is 0 Å². The van der Waals surface area contributed by atoms with Crippen molar-refractivity contribution in [3.63, 3.8) is 0 Å². The van der Waals surface area contributed by atoms with Gasteiger partial charge in [0.2, 0.25) is 0 Å². The van der Waals surface area contributed by atoms with Crippen LogP contribution in [0.2, 0.25) is 0 Å². The minimum atomic E-state index is -0.247. The second-order valence-electron chi connectivity index (χ2n) is 4.13. The monoisotopic (exact) mass is 330 g/mol. The Bertz CT molecular complexity index is 420. The van der Waals surface area contributed by atoms with E-state index in [9.17, 15) is 4.79 Å². The highest BCUT2D eigenvalue weighted by atomic mass is 127. The molecule has 1 amide bonds. The number of carbonyl (C=O) groups excluding carboxylic acids is 1. The van der Waals surface area contributed by atoms with Crippen molar-refractivity contribution in [2.24, 2.45) is 0 Å². The third-order valence-corrected chi connectivity index (χ3v) is 3.79. The van der Waals surface area contributed by atoms with E-state index in [-0.39, 0.29) is 18.2 Å². The predicted molar refractivity (Wildman–Crippen MR) is 67.3 cm³/mol. The minimum absolute atomic E-state index is 0.0774. The Morgan fingerprint density at radius 1 is 1.44 bits per heavy atom. The summed E-state index contributed by atoms with van der Waals surface area (Å²) in [5.74, 6) is 0.708. The first-order chi connectivity index (χ1) is 7.75. The van der Waals surface area contributed by atoms with Crippen molar-refractivity contribution in [3.8, 4) is 0 Å². The first kappa shape index (κ1) is 10.3. The number of rotatable bonds is 1. The fourth-order valence-corrected chi connectivity index (χ4v) is 2.75. The molecule has 3 rings (SSSR count). The van der Waals surface area contributed by atoms with Crippen molar-refractivity contribution in [2.75, 3.05) is 4.90 Å². The van der Waals surface area contributed by atoms with Crippen LogP contribution in [0, 0.1) is 3.57 Å². The van der Waals surface area contributed by atoms with E-state index in [1.165, 1.54) is 0 Å². The fourth-order valence-electron chi connectivity index (χ4n) is 2.43. The third-order valence-electron chi connectivity index (χ3n) is 3.16. The summed E-state index contributed by atoms with van der Waals surface area (Å²) < 4.78 is 6.39. The van der Waals surface area contributed by atoms with Gasteiger partial charge in [-0.1, -0.05) is 0 Å². The molecule has 0 radical (unpaired) electrons. The Hall–Kier alpha value is -0.850. The predicted octanol–water partition coefficient (Wildman–Crippen LogP) is 2.56. The highest BCUT2D eigenvalue weighted by molar-refractivity contribution is 14.1. The molecule has 1 saturated heterocycles. The molecule has 0 aromatic carbocycles. The van der Waals surface area contributed by atoms with Crippen LogP contribution in [0.15, 0.2) is 18.3 Å². The zero-order valence-corrected chi connectivity index (χ0v) is 10.8. The Balaban J connectivity index is 1.93. The Kier molecular flexibility index (Phi) is 2.49. The van der Waals surface area contributed by atoms with Gasteiger partial charge < -0.3 is 4.74 Å². The quantitative estimate of drug-likeness (QED) is 0.744. The first-order valence-corrected chi connectivity index (χ1v) is 6.45. The van der Waals surface area contributed by atoms with Gasteiger partial charge in [-0.3, -0.25) is 4.90 Å². The summed E-state index contributed by atoms with van der Waals surface area (Å²) in [6.07, 6.45) is 4.73. The van der Waals surface area contributed by atoms with Crippen molar-refractivity contribution in [1.29, 1.82) is 0 Å². The number of anilines is 1. The van der Waals surface area contributed by atoms with E-state index in [4.69, 9.17) is 4.74 Å². The lowest BCUT2D eigenvalue weighted by molar-refractivity contribution is 0.138. The van der Waals surface area contributed by atoms with Crippen LogP contribution in [-0.2, 0) is 4.74 Å². The van der Waals surface area contributed by atoms with E-state index in [0.717, 1.165) is 22.8 Å². The lowest BCUT2D eigenvalue weighted by atomic mass is 10.2. The molecule has 1 aliphatic heterocycles. The maximum Gasteiger partial charge on any atom is 0.416 e. The van der Waals surface area contributed by atoms with Gasteiger partial charge in [-0.15, -0.1) is 0 Å². The van der Waals surface area contributed by atoms with Crippen LogP contribution in [0.1, 0.15) is 19.3 Å². The molecule has 1 aromatic rings. The van der Waals surface area contributed by atoms with Gasteiger partial charge in [0.15, 0.2) is 0 Å². The highest BCUT2D eigenvalue weighted by Crippen LogP contribution is 2.35. The third kappa shape index (κ3) is 1.57. The topological polar surface area (TPSA) is 42.4 Å². The smallest absolute Gasteiger partial charge is 0.416 e. The minimum Gasteiger partial charge on any atom is -0.444 e. The van der Waals surface area contributed by atoms with E-state index in [1.807, 2.05) is 12.1 Å². The van der Waals surface area contributed by atoms with Gasteiger partial charge in [-0.05, 0) is 54.0 Å². The molecule has 0 N–H and O–H groups in total. The molecule has 2 aliphatic rings. The van der Waals surface area contributed by atoms with Gasteiger partial charge in [-0.25, -0.2) is 9.78 Å². The largest absolute Gasteiger partial charge is 0.444 e. The molecule has 4 nitrogen and oxygen atoms in total. The zero-order chi connectivity index (χ0) is 11.1. The number of fused-ring (bicyclic) bond motifs is 1. The number of aromatic nitrogens is 1. The fraction of sp³-hybridized carbons (Fsp3) is 0.455. The van der Waals surface area contributed by atoms with E-state index in [2.05, 4.69) is 27.6 Å². The van der Waals surface area contributed by atoms with Crippen LogP contribution in [0.4, 0.5) is 10.6 Å². The van der Waals surface area contributed by atoms with E-state index in [0.29, 0.717) is 5.82 Å². The van der Waals surface area contributed by atoms with Crippen LogP contribution in [-0.4, -0.2) is 23.2 Å². The number of ether oxygens (including phenoxy) is 1. The number of nitrogens with zero attached hydrogens (tertiary/aromatic N) is 2. The molecule has 0 unspecified atom stereocenters. The van der Waals surface area contributed by atoms with Crippen molar-refractivity contribution < 1.29 is 9.53 Å². The number of carbonyl (C=O) groups is 1. The Morgan fingerprint density at radius 3 is 3.06 bits per heavy atom. The van der Waals surface area contributed by atoms with Crippen molar-refractivity contribution in [3.05, 3.63) is 21.9 Å².